The number of benzene rings is 3. The molecule has 0 amide bonds. The Balaban J connectivity index is 1.83. The van der Waals surface area contributed by atoms with Crippen LogP contribution in [-0.4, -0.2) is 6.16 Å². The molecule has 3 aromatic rings. The van der Waals surface area contributed by atoms with Gasteiger partial charge in [-0.1, -0.05) is 98.4 Å². The summed E-state index contributed by atoms with van der Waals surface area (Å²) in [4.78, 5) is 0. The van der Waals surface area contributed by atoms with E-state index in [0.29, 0.717) is 0 Å². The Morgan fingerprint density at radius 3 is 1.65 bits per heavy atom. The normalized spacial score (nSPS) is 11.3. The van der Waals surface area contributed by atoms with Crippen molar-refractivity contribution in [3.8, 4) is 11.8 Å². The molecule has 3 rings (SSSR count). The molecule has 0 spiro atoms. The Morgan fingerprint density at radius 1 is 0.645 bits per heavy atom. The summed E-state index contributed by atoms with van der Waals surface area (Å²) in [6.07, 6.45) is 12.4. The SMILES string of the molecule is CCCCC/C=C/CC#CCC[P+](c1ccccc1)(c1ccccc1)c1ccccc1. The highest BCUT2D eigenvalue weighted by atomic mass is 31.2. The number of unbranched alkanes of at least 4 members (excludes halogenated alkanes) is 3. The van der Waals surface area contributed by atoms with Crippen LogP contribution < -0.4 is 15.9 Å². The van der Waals surface area contributed by atoms with E-state index in [0.717, 1.165) is 19.0 Å². The molecule has 0 heterocycles. The van der Waals surface area contributed by atoms with Gasteiger partial charge in [0.05, 0.1) is 6.16 Å². The molecule has 0 unspecified atom stereocenters. The summed E-state index contributed by atoms with van der Waals surface area (Å²) in [5, 5.41) is 4.31. The average molecular weight is 426 g/mol. The number of hydrogen-bond acceptors (Lipinski definition) is 0. The van der Waals surface area contributed by atoms with Gasteiger partial charge in [-0.15, -0.1) is 0 Å². The molecule has 0 saturated heterocycles. The zero-order chi connectivity index (χ0) is 21.6. The maximum Gasteiger partial charge on any atom is 0.113 e. The van der Waals surface area contributed by atoms with Crippen LogP contribution in [0.15, 0.2) is 103 Å². The van der Waals surface area contributed by atoms with Gasteiger partial charge in [-0.05, 0) is 49.2 Å². The summed E-state index contributed by atoms with van der Waals surface area (Å²) in [5.74, 6) is 6.86. The summed E-state index contributed by atoms with van der Waals surface area (Å²) in [5.41, 5.74) is 0. The van der Waals surface area contributed by atoms with Crippen LogP contribution in [0.5, 0.6) is 0 Å². The van der Waals surface area contributed by atoms with Crippen LogP contribution in [0.1, 0.15) is 45.4 Å². The standard InChI is InChI=1S/C30H34P/c1-2-3-4-5-6-7-8-9-10-20-27-31(28-21-14-11-15-22-28,29-23-16-12-17-24-29)30-25-18-13-19-26-30/h6-7,11-19,21-26H,2-5,8,20,27H2,1H3/q+1/b7-6+. The Hall–Kier alpha value is -2.61. The summed E-state index contributed by atoms with van der Waals surface area (Å²) in [6, 6.07) is 33.2. The van der Waals surface area contributed by atoms with Crippen molar-refractivity contribution in [3.63, 3.8) is 0 Å². The second kappa shape index (κ2) is 12.9. The van der Waals surface area contributed by atoms with Crippen molar-refractivity contribution in [2.45, 2.75) is 45.4 Å². The monoisotopic (exact) mass is 425 g/mol. The van der Waals surface area contributed by atoms with Crippen molar-refractivity contribution in [2.75, 3.05) is 6.16 Å². The van der Waals surface area contributed by atoms with Gasteiger partial charge in [-0.25, -0.2) is 0 Å². The van der Waals surface area contributed by atoms with Crippen LogP contribution in [0.2, 0.25) is 0 Å². The van der Waals surface area contributed by atoms with Crippen molar-refractivity contribution >= 4 is 23.2 Å². The molecule has 0 aromatic heterocycles. The van der Waals surface area contributed by atoms with E-state index < -0.39 is 7.26 Å². The number of allylic oxidation sites excluding steroid dienone is 2. The lowest BCUT2D eigenvalue weighted by Crippen LogP contribution is -2.33. The van der Waals surface area contributed by atoms with Crippen molar-refractivity contribution in [3.05, 3.63) is 103 Å². The molecule has 0 bridgehead atoms. The molecule has 0 nitrogen and oxygen atoms in total. The third kappa shape index (κ3) is 6.43. The summed E-state index contributed by atoms with van der Waals surface area (Å²) in [6.45, 7) is 2.25. The molecule has 0 saturated carbocycles. The van der Waals surface area contributed by atoms with Crippen molar-refractivity contribution in [1.29, 1.82) is 0 Å². The molecule has 0 radical (unpaired) electrons. The van der Waals surface area contributed by atoms with Crippen LogP contribution in [0.3, 0.4) is 0 Å². The Bertz CT molecular complexity index is 866. The van der Waals surface area contributed by atoms with Gasteiger partial charge in [0.15, 0.2) is 0 Å². The minimum Gasteiger partial charge on any atom is -0.0991 e. The molecule has 0 aliphatic heterocycles. The Kier molecular flexibility index (Phi) is 9.63. The molecule has 0 N–H and O–H groups in total. The molecular weight excluding hydrogens is 391 g/mol. The van der Waals surface area contributed by atoms with Crippen LogP contribution in [-0.2, 0) is 0 Å². The van der Waals surface area contributed by atoms with Crippen LogP contribution in [0.25, 0.3) is 0 Å². The van der Waals surface area contributed by atoms with Gasteiger partial charge in [-0.2, -0.15) is 0 Å². The molecule has 31 heavy (non-hydrogen) atoms. The molecule has 0 atom stereocenters. The second-order valence-corrected chi connectivity index (χ2v) is 11.4. The first-order valence-corrected chi connectivity index (χ1v) is 13.5. The second-order valence-electron chi connectivity index (χ2n) is 7.81. The van der Waals surface area contributed by atoms with E-state index in [2.05, 4.69) is 122 Å². The zero-order valence-electron chi connectivity index (χ0n) is 18.7. The van der Waals surface area contributed by atoms with E-state index in [9.17, 15) is 0 Å². The van der Waals surface area contributed by atoms with Gasteiger partial charge in [0.1, 0.15) is 23.2 Å². The van der Waals surface area contributed by atoms with Crippen molar-refractivity contribution in [2.24, 2.45) is 0 Å². The zero-order valence-corrected chi connectivity index (χ0v) is 19.6. The minimum atomic E-state index is -1.75. The van der Waals surface area contributed by atoms with Gasteiger partial charge >= 0.3 is 0 Å². The summed E-state index contributed by atoms with van der Waals surface area (Å²) >= 11 is 0. The summed E-state index contributed by atoms with van der Waals surface area (Å²) < 4.78 is 0. The fourth-order valence-electron chi connectivity index (χ4n) is 4.04. The van der Waals surface area contributed by atoms with E-state index >= 15 is 0 Å². The van der Waals surface area contributed by atoms with E-state index in [1.807, 2.05) is 0 Å². The van der Waals surface area contributed by atoms with Crippen LogP contribution >= 0.6 is 7.26 Å². The topological polar surface area (TPSA) is 0 Å². The molecule has 1 heteroatoms. The van der Waals surface area contributed by atoms with E-state index in [1.54, 1.807) is 0 Å². The Morgan fingerprint density at radius 2 is 1.16 bits per heavy atom. The molecule has 0 aliphatic carbocycles. The van der Waals surface area contributed by atoms with Gasteiger partial charge < -0.3 is 0 Å². The predicted molar refractivity (Wildman–Crippen MR) is 140 cm³/mol. The molecule has 3 aromatic carbocycles. The highest BCUT2D eigenvalue weighted by Gasteiger charge is 2.44. The largest absolute Gasteiger partial charge is 0.113 e. The predicted octanol–water partition coefficient (Wildman–Crippen LogP) is 6.90. The highest BCUT2D eigenvalue weighted by Crippen LogP contribution is 2.55. The van der Waals surface area contributed by atoms with Crippen LogP contribution in [0.4, 0.5) is 0 Å². The molecule has 0 fully saturated rings. The van der Waals surface area contributed by atoms with E-state index in [-0.39, 0.29) is 0 Å². The first-order valence-electron chi connectivity index (χ1n) is 11.5. The lowest BCUT2D eigenvalue weighted by atomic mass is 10.2. The average Bonchev–Trinajstić information content (AvgIpc) is 2.84. The lowest BCUT2D eigenvalue weighted by molar-refractivity contribution is 0.728. The first-order chi connectivity index (χ1) is 15.4. The molecular formula is C30H34P+. The number of rotatable bonds is 10. The van der Waals surface area contributed by atoms with Gasteiger partial charge in [0, 0.05) is 12.8 Å². The fourth-order valence-corrected chi connectivity index (χ4v) is 8.20. The minimum absolute atomic E-state index is 0.861. The fraction of sp³-hybridized carbons (Fsp3) is 0.267. The molecule has 0 aliphatic rings. The Labute approximate surface area is 189 Å². The number of hydrogen-bond donors (Lipinski definition) is 0. The van der Waals surface area contributed by atoms with Crippen LogP contribution in [0, 0.1) is 11.8 Å². The lowest BCUT2D eigenvalue weighted by Gasteiger charge is -2.27. The molecule has 158 valence electrons. The smallest absolute Gasteiger partial charge is 0.0991 e. The quantitative estimate of drug-likeness (QED) is 0.143. The maximum atomic E-state index is 3.48. The van der Waals surface area contributed by atoms with Crippen molar-refractivity contribution in [1.82, 2.24) is 0 Å². The van der Waals surface area contributed by atoms with Gasteiger partial charge in [-0.3, -0.25) is 0 Å². The third-order valence-electron chi connectivity index (χ3n) is 5.65. The maximum absolute atomic E-state index is 3.48. The van der Waals surface area contributed by atoms with Crippen molar-refractivity contribution < 1.29 is 0 Å². The first kappa shape index (κ1) is 23.1. The van der Waals surface area contributed by atoms with E-state index in [4.69, 9.17) is 0 Å². The van der Waals surface area contributed by atoms with E-state index in [1.165, 1.54) is 41.6 Å². The van der Waals surface area contributed by atoms with Gasteiger partial charge in [0.2, 0.25) is 0 Å². The summed E-state index contributed by atoms with van der Waals surface area (Å²) in [7, 11) is -1.75. The third-order valence-corrected chi connectivity index (χ3v) is 10.1. The van der Waals surface area contributed by atoms with Gasteiger partial charge in [0.25, 0.3) is 0 Å². The highest BCUT2D eigenvalue weighted by molar-refractivity contribution is 7.95.